The van der Waals surface area contributed by atoms with Crippen LogP contribution in [0.5, 0.6) is 0 Å². The fourth-order valence-electron chi connectivity index (χ4n) is 1.25. The van der Waals surface area contributed by atoms with Gasteiger partial charge in [0.05, 0.1) is 13.2 Å². The molecule has 1 rings (SSSR count). The van der Waals surface area contributed by atoms with Crippen molar-refractivity contribution in [3.05, 3.63) is 24.6 Å². The molecule has 0 spiro atoms. The van der Waals surface area contributed by atoms with E-state index < -0.39 is 0 Å². The highest BCUT2D eigenvalue weighted by atomic mass is 16.5. The maximum Gasteiger partial charge on any atom is 0.113 e. The summed E-state index contributed by atoms with van der Waals surface area (Å²) in [6, 6.07) is 0. The quantitative estimate of drug-likeness (QED) is 0.506. The molecular weight excluding hydrogens is 178 g/mol. The first-order valence-corrected chi connectivity index (χ1v) is 5.01. The first-order chi connectivity index (χ1) is 6.74. The molecule has 0 aromatic heterocycles. The topological polar surface area (TPSA) is 21.7 Å². The van der Waals surface area contributed by atoms with Crippen LogP contribution in [0.1, 0.15) is 13.8 Å². The van der Waals surface area contributed by atoms with Crippen LogP contribution in [-0.2, 0) is 9.47 Å². The van der Waals surface area contributed by atoms with E-state index in [2.05, 4.69) is 18.4 Å². The Morgan fingerprint density at radius 3 is 2.71 bits per heavy atom. The van der Waals surface area contributed by atoms with Crippen molar-refractivity contribution in [2.24, 2.45) is 0 Å². The molecule has 1 aliphatic rings. The summed E-state index contributed by atoms with van der Waals surface area (Å²) in [5, 5.41) is 0. The normalized spacial score (nSPS) is 20.4. The lowest BCUT2D eigenvalue weighted by Gasteiger charge is -2.29. The van der Waals surface area contributed by atoms with Gasteiger partial charge in [0, 0.05) is 18.8 Å². The van der Waals surface area contributed by atoms with Gasteiger partial charge in [-0.05, 0) is 13.8 Å². The second kappa shape index (κ2) is 5.70. The van der Waals surface area contributed by atoms with Crippen LogP contribution in [0.2, 0.25) is 0 Å². The number of rotatable bonds is 4. The second-order valence-corrected chi connectivity index (χ2v) is 3.44. The number of allylic oxidation sites excluding steroid dienone is 1. The number of ether oxygens (including phenoxy) is 2. The average molecular weight is 197 g/mol. The van der Waals surface area contributed by atoms with Crippen molar-refractivity contribution in [2.75, 3.05) is 26.3 Å². The molecule has 14 heavy (non-hydrogen) atoms. The van der Waals surface area contributed by atoms with Crippen LogP contribution in [-0.4, -0.2) is 37.3 Å². The molecule has 3 nitrogen and oxygen atoms in total. The Hall–Kier alpha value is -0.960. The summed E-state index contributed by atoms with van der Waals surface area (Å²) in [4.78, 5) is 2.26. The van der Waals surface area contributed by atoms with Crippen LogP contribution in [0.4, 0.5) is 0 Å². The Labute approximate surface area is 86.0 Å². The molecule has 3 heteroatoms. The van der Waals surface area contributed by atoms with Crippen molar-refractivity contribution < 1.29 is 9.47 Å². The van der Waals surface area contributed by atoms with Crippen LogP contribution in [0, 0.1) is 0 Å². The fourth-order valence-corrected chi connectivity index (χ4v) is 1.25. The van der Waals surface area contributed by atoms with E-state index in [1.807, 2.05) is 6.92 Å². The van der Waals surface area contributed by atoms with Crippen molar-refractivity contribution in [1.29, 1.82) is 0 Å². The zero-order valence-electron chi connectivity index (χ0n) is 9.03. The molecule has 0 aliphatic carbocycles. The molecular formula is C11H19NO2. The predicted octanol–water partition coefficient (Wildman–Crippen LogP) is 1.77. The van der Waals surface area contributed by atoms with Crippen LogP contribution in [0.15, 0.2) is 24.6 Å². The van der Waals surface area contributed by atoms with E-state index >= 15 is 0 Å². The van der Waals surface area contributed by atoms with Crippen LogP contribution in [0.3, 0.4) is 0 Å². The molecule has 1 unspecified atom stereocenters. The van der Waals surface area contributed by atoms with Gasteiger partial charge in [-0.1, -0.05) is 12.7 Å². The van der Waals surface area contributed by atoms with Crippen molar-refractivity contribution in [2.45, 2.75) is 20.0 Å². The van der Waals surface area contributed by atoms with E-state index in [1.54, 1.807) is 12.3 Å². The molecule has 0 saturated carbocycles. The van der Waals surface area contributed by atoms with Crippen molar-refractivity contribution in [3.63, 3.8) is 0 Å². The summed E-state index contributed by atoms with van der Waals surface area (Å²) in [5.41, 5.74) is 1.15. The van der Waals surface area contributed by atoms with E-state index in [0.29, 0.717) is 0 Å². The highest BCUT2D eigenvalue weighted by molar-refractivity contribution is 4.95. The number of morpholine rings is 1. The van der Waals surface area contributed by atoms with Gasteiger partial charge in [-0.25, -0.2) is 0 Å². The molecule has 1 saturated heterocycles. The Bertz CT molecular complexity index is 207. The molecule has 0 aromatic rings. The number of nitrogens with zero attached hydrogens (tertiary/aromatic N) is 1. The molecule has 0 aromatic carbocycles. The van der Waals surface area contributed by atoms with Crippen LogP contribution >= 0.6 is 0 Å². The average Bonchev–Trinajstić information content (AvgIpc) is 2.26. The van der Waals surface area contributed by atoms with E-state index in [-0.39, 0.29) is 6.10 Å². The van der Waals surface area contributed by atoms with Gasteiger partial charge in [-0.3, -0.25) is 0 Å². The predicted molar refractivity (Wildman–Crippen MR) is 56.9 cm³/mol. The first kappa shape index (κ1) is 11.1. The highest BCUT2D eigenvalue weighted by Gasteiger charge is 2.10. The lowest BCUT2D eigenvalue weighted by Crippen LogP contribution is -2.34. The van der Waals surface area contributed by atoms with Crippen LogP contribution in [0.25, 0.3) is 0 Å². The maximum absolute atomic E-state index is 5.44. The third-order valence-corrected chi connectivity index (χ3v) is 2.30. The summed E-state index contributed by atoms with van der Waals surface area (Å²) in [5.74, 6) is 0. The van der Waals surface area contributed by atoms with Gasteiger partial charge < -0.3 is 14.4 Å². The van der Waals surface area contributed by atoms with Gasteiger partial charge in [0.15, 0.2) is 0 Å². The maximum atomic E-state index is 5.44. The summed E-state index contributed by atoms with van der Waals surface area (Å²) in [6.45, 7) is 11.2. The largest absolute Gasteiger partial charge is 0.492 e. The summed E-state index contributed by atoms with van der Waals surface area (Å²) in [7, 11) is 0. The molecule has 0 radical (unpaired) electrons. The third-order valence-electron chi connectivity index (χ3n) is 2.30. The Morgan fingerprint density at radius 2 is 2.14 bits per heavy atom. The lowest BCUT2D eigenvalue weighted by molar-refractivity contribution is 0.0510. The van der Waals surface area contributed by atoms with E-state index in [9.17, 15) is 0 Å². The fraction of sp³-hybridized carbons (Fsp3) is 0.636. The van der Waals surface area contributed by atoms with Gasteiger partial charge >= 0.3 is 0 Å². The molecule has 1 aliphatic heterocycles. The Kier molecular flexibility index (Phi) is 4.53. The molecule has 1 fully saturated rings. The summed E-state index contributed by atoms with van der Waals surface area (Å²) >= 11 is 0. The monoisotopic (exact) mass is 197 g/mol. The van der Waals surface area contributed by atoms with E-state index in [4.69, 9.17) is 9.47 Å². The minimum atomic E-state index is 0.0750. The molecule has 1 atom stereocenters. The first-order valence-electron chi connectivity index (χ1n) is 5.01. The lowest BCUT2D eigenvalue weighted by atomic mass is 10.3. The van der Waals surface area contributed by atoms with Gasteiger partial charge in [0.1, 0.15) is 12.4 Å². The molecule has 0 bridgehead atoms. The standard InChI is InChI=1S/C11H19NO2/c1-4-11(3)14-9-10(2)12-5-7-13-8-6-12/h4,9,11H,1,5-8H2,2-3H3/b10-9+. The van der Waals surface area contributed by atoms with Gasteiger partial charge in [0.25, 0.3) is 0 Å². The molecule has 80 valence electrons. The highest BCUT2D eigenvalue weighted by Crippen LogP contribution is 2.07. The smallest absolute Gasteiger partial charge is 0.113 e. The van der Waals surface area contributed by atoms with Crippen LogP contribution < -0.4 is 0 Å². The van der Waals surface area contributed by atoms with Gasteiger partial charge in [-0.15, -0.1) is 0 Å². The minimum absolute atomic E-state index is 0.0750. The number of hydrogen-bond donors (Lipinski definition) is 0. The minimum Gasteiger partial charge on any atom is -0.492 e. The Balaban J connectivity index is 2.37. The van der Waals surface area contributed by atoms with Crippen molar-refractivity contribution >= 4 is 0 Å². The Morgan fingerprint density at radius 1 is 1.50 bits per heavy atom. The van der Waals surface area contributed by atoms with Crippen molar-refractivity contribution in [3.8, 4) is 0 Å². The molecule has 1 heterocycles. The van der Waals surface area contributed by atoms with Gasteiger partial charge in [-0.2, -0.15) is 0 Å². The van der Waals surface area contributed by atoms with Crippen molar-refractivity contribution in [1.82, 2.24) is 4.90 Å². The molecule has 0 amide bonds. The zero-order chi connectivity index (χ0) is 10.4. The second-order valence-electron chi connectivity index (χ2n) is 3.44. The third kappa shape index (κ3) is 3.42. The molecule has 0 N–H and O–H groups in total. The van der Waals surface area contributed by atoms with Gasteiger partial charge in [0.2, 0.25) is 0 Å². The summed E-state index contributed by atoms with van der Waals surface area (Å²) in [6.07, 6.45) is 3.66. The SMILES string of the molecule is C=CC(C)O/C=C(\C)N1CCOCC1. The van der Waals surface area contributed by atoms with E-state index in [1.165, 1.54) is 0 Å². The van der Waals surface area contributed by atoms with E-state index in [0.717, 1.165) is 32.0 Å². The summed E-state index contributed by atoms with van der Waals surface area (Å²) < 4.78 is 10.7. The number of hydrogen-bond acceptors (Lipinski definition) is 3. The zero-order valence-corrected chi connectivity index (χ0v) is 9.03.